The molecular formula is C12H14OS2. The molecule has 1 aromatic rings. The summed E-state index contributed by atoms with van der Waals surface area (Å²) in [5.74, 6) is 1.40. The van der Waals surface area contributed by atoms with Gasteiger partial charge in [0.25, 0.3) is 0 Å². The summed E-state index contributed by atoms with van der Waals surface area (Å²) in [7, 11) is 0. The Morgan fingerprint density at radius 3 is 2.67 bits per heavy atom. The van der Waals surface area contributed by atoms with Crippen LogP contribution in [0.5, 0.6) is 0 Å². The smallest absolute Gasteiger partial charge is 0.188 e. The van der Waals surface area contributed by atoms with E-state index in [1.165, 1.54) is 0 Å². The number of thioether (sulfide) groups is 2. The maximum Gasteiger partial charge on any atom is 0.188 e. The molecule has 1 unspecified atom stereocenters. The summed E-state index contributed by atoms with van der Waals surface area (Å²) < 4.78 is -0.207. The van der Waals surface area contributed by atoms with Crippen LogP contribution in [0.25, 0.3) is 0 Å². The monoisotopic (exact) mass is 238 g/mol. The largest absolute Gasteiger partial charge is 0.292 e. The van der Waals surface area contributed by atoms with Crippen molar-refractivity contribution in [2.75, 3.05) is 12.0 Å². The van der Waals surface area contributed by atoms with Gasteiger partial charge in [-0.1, -0.05) is 30.3 Å². The number of rotatable bonds is 3. The zero-order valence-electron chi connectivity index (χ0n) is 8.73. The van der Waals surface area contributed by atoms with E-state index in [0.29, 0.717) is 0 Å². The van der Waals surface area contributed by atoms with Crippen molar-refractivity contribution in [2.45, 2.75) is 16.9 Å². The van der Waals surface area contributed by atoms with Crippen molar-refractivity contribution in [3.8, 4) is 0 Å². The average Bonchev–Trinajstić information content (AvgIpc) is 2.79. The Labute approximate surface area is 99.0 Å². The third kappa shape index (κ3) is 2.08. The van der Waals surface area contributed by atoms with Gasteiger partial charge in [0.15, 0.2) is 5.78 Å². The Bertz CT molecular complexity index is 342. The van der Waals surface area contributed by atoms with Gasteiger partial charge in [0.05, 0.1) is 0 Å². The average molecular weight is 238 g/mol. The van der Waals surface area contributed by atoms with Crippen molar-refractivity contribution in [2.24, 2.45) is 0 Å². The highest BCUT2D eigenvalue weighted by Gasteiger charge is 2.41. The second-order valence-corrected chi connectivity index (χ2v) is 6.36. The summed E-state index contributed by atoms with van der Waals surface area (Å²) in [6.07, 6.45) is 4.20. The lowest BCUT2D eigenvalue weighted by Gasteiger charge is -2.23. The third-order valence-corrected chi connectivity index (χ3v) is 5.95. The Hall–Kier alpha value is -0.410. The molecule has 1 aromatic carbocycles. The van der Waals surface area contributed by atoms with Crippen LogP contribution in [0.4, 0.5) is 0 Å². The summed E-state index contributed by atoms with van der Waals surface area (Å²) >= 11 is 3.50. The summed E-state index contributed by atoms with van der Waals surface area (Å²) in [5, 5.41) is 0. The zero-order valence-corrected chi connectivity index (χ0v) is 10.4. The molecule has 0 aromatic heterocycles. The summed E-state index contributed by atoms with van der Waals surface area (Å²) in [6.45, 7) is 0. The van der Waals surface area contributed by atoms with Gasteiger partial charge in [-0.15, -0.1) is 23.5 Å². The van der Waals surface area contributed by atoms with Crippen molar-refractivity contribution in [1.82, 2.24) is 0 Å². The van der Waals surface area contributed by atoms with E-state index in [2.05, 4.69) is 0 Å². The first-order valence-electron chi connectivity index (χ1n) is 5.07. The fourth-order valence-electron chi connectivity index (χ4n) is 1.86. The normalized spacial score (nSPS) is 25.4. The Morgan fingerprint density at radius 2 is 2.13 bits per heavy atom. The minimum atomic E-state index is -0.207. The summed E-state index contributed by atoms with van der Waals surface area (Å²) in [4.78, 5) is 12.4. The minimum Gasteiger partial charge on any atom is -0.292 e. The number of hydrogen-bond acceptors (Lipinski definition) is 3. The Kier molecular flexibility index (Phi) is 3.42. The lowest BCUT2D eigenvalue weighted by molar-refractivity contribution is 0.0977. The van der Waals surface area contributed by atoms with Crippen LogP contribution in [0, 0.1) is 0 Å². The molecule has 1 aliphatic heterocycles. The van der Waals surface area contributed by atoms with Crippen molar-refractivity contribution in [3.63, 3.8) is 0 Å². The molecule has 0 N–H and O–H groups in total. The van der Waals surface area contributed by atoms with Crippen LogP contribution >= 0.6 is 23.5 Å². The first-order chi connectivity index (χ1) is 7.28. The molecule has 1 heterocycles. The van der Waals surface area contributed by atoms with Crippen molar-refractivity contribution in [1.29, 1.82) is 0 Å². The van der Waals surface area contributed by atoms with Crippen LogP contribution in [-0.4, -0.2) is 21.9 Å². The van der Waals surface area contributed by atoms with E-state index in [4.69, 9.17) is 0 Å². The molecule has 0 radical (unpaired) electrons. The SMILES string of the molecule is CSC1(C(=O)c2ccccc2)CCCS1. The highest BCUT2D eigenvalue weighted by Crippen LogP contribution is 2.47. The molecule has 3 heteroatoms. The quantitative estimate of drug-likeness (QED) is 0.751. The highest BCUT2D eigenvalue weighted by atomic mass is 32.2. The van der Waals surface area contributed by atoms with Crippen LogP contribution in [-0.2, 0) is 0 Å². The number of ketones is 1. The van der Waals surface area contributed by atoms with Gasteiger partial charge in [-0.3, -0.25) is 4.79 Å². The Morgan fingerprint density at radius 1 is 1.40 bits per heavy atom. The molecule has 0 saturated carbocycles. The van der Waals surface area contributed by atoms with Gasteiger partial charge in [-0.25, -0.2) is 0 Å². The molecule has 1 aliphatic rings. The van der Waals surface area contributed by atoms with E-state index < -0.39 is 0 Å². The standard InChI is InChI=1S/C12H14OS2/c1-14-12(8-5-9-15-12)11(13)10-6-3-2-4-7-10/h2-4,6-7H,5,8-9H2,1H3. The van der Waals surface area contributed by atoms with E-state index in [1.807, 2.05) is 36.6 Å². The fraction of sp³-hybridized carbons (Fsp3) is 0.417. The zero-order chi connectivity index (χ0) is 10.7. The molecule has 0 spiro atoms. The van der Waals surface area contributed by atoms with Gasteiger partial charge in [0.2, 0.25) is 0 Å². The molecule has 80 valence electrons. The molecule has 0 bridgehead atoms. The molecule has 1 fully saturated rings. The van der Waals surface area contributed by atoms with E-state index >= 15 is 0 Å². The number of carbonyl (C=O) groups excluding carboxylic acids is 1. The second kappa shape index (κ2) is 4.62. The van der Waals surface area contributed by atoms with Crippen molar-refractivity contribution < 1.29 is 4.79 Å². The topological polar surface area (TPSA) is 17.1 Å². The van der Waals surface area contributed by atoms with Gasteiger partial charge in [0.1, 0.15) is 4.08 Å². The number of benzene rings is 1. The molecule has 1 nitrogen and oxygen atoms in total. The van der Waals surface area contributed by atoms with Crippen LogP contribution in [0.2, 0.25) is 0 Å². The van der Waals surface area contributed by atoms with Crippen LogP contribution in [0.3, 0.4) is 0 Å². The van der Waals surface area contributed by atoms with Crippen LogP contribution in [0.1, 0.15) is 23.2 Å². The predicted octanol–water partition coefficient (Wildman–Crippen LogP) is 3.46. The van der Waals surface area contributed by atoms with E-state index in [-0.39, 0.29) is 9.86 Å². The fourth-order valence-corrected chi connectivity index (χ4v) is 4.39. The van der Waals surface area contributed by atoms with Crippen molar-refractivity contribution >= 4 is 29.3 Å². The maximum atomic E-state index is 12.4. The molecule has 0 aliphatic carbocycles. The van der Waals surface area contributed by atoms with E-state index in [0.717, 1.165) is 24.2 Å². The van der Waals surface area contributed by atoms with Crippen molar-refractivity contribution in [3.05, 3.63) is 35.9 Å². The lowest BCUT2D eigenvalue weighted by Crippen LogP contribution is -2.28. The Balaban J connectivity index is 2.27. The first kappa shape index (κ1) is 11.1. The number of carbonyl (C=O) groups is 1. The van der Waals surface area contributed by atoms with Crippen LogP contribution in [0.15, 0.2) is 30.3 Å². The van der Waals surface area contributed by atoms with Gasteiger partial charge in [-0.2, -0.15) is 0 Å². The molecule has 1 atom stereocenters. The van der Waals surface area contributed by atoms with Gasteiger partial charge >= 0.3 is 0 Å². The van der Waals surface area contributed by atoms with Gasteiger partial charge in [-0.05, 0) is 24.9 Å². The van der Waals surface area contributed by atoms with E-state index in [1.54, 1.807) is 23.5 Å². The number of Topliss-reactive ketones (excluding diaryl/α,β-unsaturated/α-hetero) is 1. The first-order valence-corrected chi connectivity index (χ1v) is 7.28. The highest BCUT2D eigenvalue weighted by molar-refractivity contribution is 8.19. The lowest BCUT2D eigenvalue weighted by atomic mass is 10.1. The summed E-state index contributed by atoms with van der Waals surface area (Å²) in [5.41, 5.74) is 0.848. The second-order valence-electron chi connectivity index (χ2n) is 3.60. The van der Waals surface area contributed by atoms with Gasteiger partial charge < -0.3 is 0 Å². The minimum absolute atomic E-state index is 0.207. The third-order valence-electron chi connectivity index (χ3n) is 2.70. The van der Waals surface area contributed by atoms with E-state index in [9.17, 15) is 4.79 Å². The molecule has 1 saturated heterocycles. The number of hydrogen-bond donors (Lipinski definition) is 0. The molecule has 15 heavy (non-hydrogen) atoms. The summed E-state index contributed by atoms with van der Waals surface area (Å²) in [6, 6.07) is 9.64. The molecule has 0 amide bonds. The molecular weight excluding hydrogens is 224 g/mol. The predicted molar refractivity (Wildman–Crippen MR) is 68.7 cm³/mol. The van der Waals surface area contributed by atoms with Gasteiger partial charge in [0, 0.05) is 5.56 Å². The molecule has 2 rings (SSSR count). The van der Waals surface area contributed by atoms with Crippen LogP contribution < -0.4 is 0 Å². The maximum absolute atomic E-state index is 12.4.